The molecule has 0 fully saturated rings. The number of guanidine groups is 1. The molecule has 0 saturated carbocycles. The molecule has 1 aromatic heterocycles. The average molecular weight is 386 g/mol. The van der Waals surface area contributed by atoms with Crippen molar-refractivity contribution in [2.45, 2.75) is 24.8 Å². The van der Waals surface area contributed by atoms with Crippen LogP contribution in [0.1, 0.15) is 17.7 Å². The summed E-state index contributed by atoms with van der Waals surface area (Å²) in [6, 6.07) is 14.0. The number of pyridine rings is 1. The molecule has 0 aliphatic heterocycles. The van der Waals surface area contributed by atoms with E-state index in [2.05, 4.69) is 51.1 Å². The van der Waals surface area contributed by atoms with Crippen LogP contribution in [0.25, 0.3) is 0 Å². The fraction of sp³-hybridized carbons (Fsp3) is 0.350. The van der Waals surface area contributed by atoms with Gasteiger partial charge in [-0.05, 0) is 43.0 Å². The van der Waals surface area contributed by atoms with Crippen molar-refractivity contribution in [1.82, 2.24) is 15.2 Å². The second-order valence-electron chi connectivity index (χ2n) is 6.14. The minimum atomic E-state index is -0.0774. The smallest absolute Gasteiger partial charge is 0.227 e. The molecule has 2 N–H and O–H groups in total. The SMILES string of the molecule is CN=C(NCCC(=O)Nc1cccc(C)n1)N(C)Cc1ccc(SC)cc1. The second-order valence-corrected chi connectivity index (χ2v) is 7.02. The maximum atomic E-state index is 12.1. The predicted octanol–water partition coefficient (Wildman–Crippen LogP) is 3.15. The molecule has 2 rings (SSSR count). The largest absolute Gasteiger partial charge is 0.356 e. The maximum Gasteiger partial charge on any atom is 0.227 e. The van der Waals surface area contributed by atoms with Crippen LogP contribution in [-0.2, 0) is 11.3 Å². The van der Waals surface area contributed by atoms with Crippen LogP contribution >= 0.6 is 11.8 Å². The van der Waals surface area contributed by atoms with E-state index < -0.39 is 0 Å². The van der Waals surface area contributed by atoms with Crippen molar-refractivity contribution < 1.29 is 4.79 Å². The molecule has 0 spiro atoms. The molecule has 1 aromatic carbocycles. The summed E-state index contributed by atoms with van der Waals surface area (Å²) in [4.78, 5) is 23.9. The Morgan fingerprint density at radius 3 is 2.59 bits per heavy atom. The molecular formula is C20H27N5OS. The van der Waals surface area contributed by atoms with Crippen LogP contribution in [-0.4, -0.2) is 48.6 Å². The number of amides is 1. The summed E-state index contributed by atoms with van der Waals surface area (Å²) in [6.45, 7) is 3.14. The molecule has 7 heteroatoms. The number of hydrogen-bond acceptors (Lipinski definition) is 4. The van der Waals surface area contributed by atoms with Gasteiger partial charge < -0.3 is 15.5 Å². The van der Waals surface area contributed by atoms with Crippen LogP contribution in [0.4, 0.5) is 5.82 Å². The molecular weight excluding hydrogens is 358 g/mol. The van der Waals surface area contributed by atoms with Gasteiger partial charge in [0.15, 0.2) is 5.96 Å². The number of rotatable bonds is 7. The summed E-state index contributed by atoms with van der Waals surface area (Å²) in [5.41, 5.74) is 2.08. The molecule has 2 aromatic rings. The van der Waals surface area contributed by atoms with E-state index in [0.717, 1.165) is 18.2 Å². The zero-order valence-corrected chi connectivity index (χ0v) is 17.1. The number of aryl methyl sites for hydroxylation is 1. The summed E-state index contributed by atoms with van der Waals surface area (Å²) in [7, 11) is 3.72. The molecule has 27 heavy (non-hydrogen) atoms. The lowest BCUT2D eigenvalue weighted by molar-refractivity contribution is -0.116. The molecule has 6 nitrogen and oxygen atoms in total. The third kappa shape index (κ3) is 6.94. The van der Waals surface area contributed by atoms with Crippen molar-refractivity contribution >= 4 is 29.4 Å². The number of aliphatic imine (C=N–C) groups is 1. The Balaban J connectivity index is 1.79. The monoisotopic (exact) mass is 385 g/mol. The zero-order valence-electron chi connectivity index (χ0n) is 16.3. The van der Waals surface area contributed by atoms with Crippen molar-refractivity contribution in [3.63, 3.8) is 0 Å². The lowest BCUT2D eigenvalue weighted by Gasteiger charge is -2.22. The van der Waals surface area contributed by atoms with Gasteiger partial charge in [-0.25, -0.2) is 4.98 Å². The van der Waals surface area contributed by atoms with Gasteiger partial charge in [0.1, 0.15) is 5.82 Å². The quantitative estimate of drug-likeness (QED) is 0.435. The van der Waals surface area contributed by atoms with E-state index in [1.54, 1.807) is 24.9 Å². The summed E-state index contributed by atoms with van der Waals surface area (Å²) in [6.07, 6.45) is 2.41. The first-order valence-electron chi connectivity index (χ1n) is 8.80. The number of nitrogens with one attached hydrogen (secondary N) is 2. The van der Waals surface area contributed by atoms with Crippen LogP contribution < -0.4 is 10.6 Å². The Morgan fingerprint density at radius 1 is 1.22 bits per heavy atom. The number of benzene rings is 1. The Hall–Kier alpha value is -2.54. The molecule has 0 unspecified atom stereocenters. The van der Waals surface area contributed by atoms with E-state index >= 15 is 0 Å². The van der Waals surface area contributed by atoms with Gasteiger partial charge in [0, 0.05) is 44.2 Å². The molecule has 0 bridgehead atoms. The first-order valence-corrected chi connectivity index (χ1v) is 10.0. The minimum absolute atomic E-state index is 0.0774. The highest BCUT2D eigenvalue weighted by molar-refractivity contribution is 7.98. The van der Waals surface area contributed by atoms with Crippen LogP contribution in [0, 0.1) is 6.92 Å². The molecule has 1 heterocycles. The van der Waals surface area contributed by atoms with Crippen molar-refractivity contribution in [3.05, 3.63) is 53.7 Å². The van der Waals surface area contributed by atoms with Crippen LogP contribution in [0.5, 0.6) is 0 Å². The predicted molar refractivity (Wildman–Crippen MR) is 113 cm³/mol. The molecule has 0 radical (unpaired) electrons. The summed E-state index contributed by atoms with van der Waals surface area (Å²) < 4.78 is 0. The first-order chi connectivity index (χ1) is 13.0. The highest BCUT2D eigenvalue weighted by atomic mass is 32.2. The lowest BCUT2D eigenvalue weighted by Crippen LogP contribution is -2.39. The Morgan fingerprint density at radius 2 is 1.96 bits per heavy atom. The number of thioether (sulfide) groups is 1. The third-order valence-electron chi connectivity index (χ3n) is 3.94. The van der Waals surface area contributed by atoms with Crippen LogP contribution in [0.3, 0.4) is 0 Å². The average Bonchev–Trinajstić information content (AvgIpc) is 2.65. The fourth-order valence-corrected chi connectivity index (χ4v) is 2.98. The Bertz CT molecular complexity index is 776. The standard InChI is InChI=1S/C20H27N5OS/c1-15-6-5-7-18(23-15)24-19(26)12-13-22-20(21-2)25(3)14-16-8-10-17(27-4)11-9-16/h5-11H,12-14H2,1-4H3,(H,21,22)(H,23,24,26). The molecule has 1 amide bonds. The van der Waals surface area contributed by atoms with Gasteiger partial charge in [-0.1, -0.05) is 18.2 Å². The maximum absolute atomic E-state index is 12.1. The summed E-state index contributed by atoms with van der Waals surface area (Å²) in [5, 5.41) is 6.04. The molecule has 0 aliphatic carbocycles. The van der Waals surface area contributed by atoms with E-state index in [0.29, 0.717) is 18.8 Å². The second kappa shape index (κ2) is 10.6. The van der Waals surface area contributed by atoms with Gasteiger partial charge in [-0.15, -0.1) is 11.8 Å². The highest BCUT2D eigenvalue weighted by Crippen LogP contribution is 2.15. The third-order valence-corrected chi connectivity index (χ3v) is 4.69. The minimum Gasteiger partial charge on any atom is -0.356 e. The molecule has 144 valence electrons. The zero-order chi connectivity index (χ0) is 19.6. The van der Waals surface area contributed by atoms with E-state index in [9.17, 15) is 4.79 Å². The number of nitrogens with zero attached hydrogens (tertiary/aromatic N) is 3. The number of carbonyl (C=O) groups is 1. The van der Waals surface area contributed by atoms with Gasteiger partial charge in [-0.2, -0.15) is 0 Å². The normalized spacial score (nSPS) is 11.2. The molecule has 0 aliphatic rings. The molecule has 0 saturated heterocycles. The van der Waals surface area contributed by atoms with Crippen LogP contribution in [0.15, 0.2) is 52.4 Å². The van der Waals surface area contributed by atoms with E-state index in [1.807, 2.05) is 31.0 Å². The van der Waals surface area contributed by atoms with Crippen molar-refractivity contribution in [2.75, 3.05) is 32.2 Å². The van der Waals surface area contributed by atoms with Crippen molar-refractivity contribution in [1.29, 1.82) is 0 Å². The Labute approximate surface area is 165 Å². The summed E-state index contributed by atoms with van der Waals surface area (Å²) in [5.74, 6) is 1.26. The van der Waals surface area contributed by atoms with E-state index in [1.165, 1.54) is 10.5 Å². The van der Waals surface area contributed by atoms with Gasteiger partial charge in [-0.3, -0.25) is 9.79 Å². The van der Waals surface area contributed by atoms with E-state index in [-0.39, 0.29) is 5.91 Å². The number of carbonyl (C=O) groups excluding carboxylic acids is 1. The van der Waals surface area contributed by atoms with Crippen LogP contribution in [0.2, 0.25) is 0 Å². The van der Waals surface area contributed by atoms with Crippen molar-refractivity contribution in [3.8, 4) is 0 Å². The lowest BCUT2D eigenvalue weighted by atomic mass is 10.2. The van der Waals surface area contributed by atoms with Gasteiger partial charge >= 0.3 is 0 Å². The highest BCUT2D eigenvalue weighted by Gasteiger charge is 2.08. The first kappa shape index (κ1) is 20.8. The van der Waals surface area contributed by atoms with Gasteiger partial charge in [0.25, 0.3) is 0 Å². The number of aromatic nitrogens is 1. The van der Waals surface area contributed by atoms with Gasteiger partial charge in [0.2, 0.25) is 5.91 Å². The Kier molecular flexibility index (Phi) is 8.13. The fourth-order valence-electron chi connectivity index (χ4n) is 2.57. The summed E-state index contributed by atoms with van der Waals surface area (Å²) >= 11 is 1.73. The van der Waals surface area contributed by atoms with Gasteiger partial charge in [0.05, 0.1) is 0 Å². The topological polar surface area (TPSA) is 69.6 Å². The number of hydrogen-bond donors (Lipinski definition) is 2. The van der Waals surface area contributed by atoms with Crippen molar-refractivity contribution in [2.24, 2.45) is 4.99 Å². The molecule has 0 atom stereocenters. The van der Waals surface area contributed by atoms with E-state index in [4.69, 9.17) is 0 Å². The number of anilines is 1.